The van der Waals surface area contributed by atoms with E-state index in [0.29, 0.717) is 10.9 Å². The van der Waals surface area contributed by atoms with Gasteiger partial charge in [0.25, 0.3) is 0 Å². The highest BCUT2D eigenvalue weighted by Gasteiger charge is 2.12. The molecule has 0 aliphatic carbocycles. The average molecular weight is 326 g/mol. The molecule has 6 heteroatoms. The van der Waals surface area contributed by atoms with Gasteiger partial charge in [-0.25, -0.2) is 9.78 Å². The maximum Gasteiger partial charge on any atom is 0.418 e. The van der Waals surface area contributed by atoms with Crippen molar-refractivity contribution in [2.75, 3.05) is 12.4 Å². The third kappa shape index (κ3) is 3.67. The number of benzene rings is 2. The van der Waals surface area contributed by atoms with Crippen LogP contribution in [0.25, 0.3) is 11.3 Å². The van der Waals surface area contributed by atoms with Crippen LogP contribution in [0.15, 0.2) is 60.0 Å². The van der Waals surface area contributed by atoms with Crippen LogP contribution in [0.5, 0.6) is 11.5 Å². The Hall–Kier alpha value is -2.86. The Bertz CT molecular complexity index is 802. The Labute approximate surface area is 137 Å². The first-order valence-electron chi connectivity index (χ1n) is 6.89. The lowest BCUT2D eigenvalue weighted by molar-refractivity contribution is 0.215. The van der Waals surface area contributed by atoms with Crippen LogP contribution in [0.2, 0.25) is 0 Å². The number of hydrogen-bond donors (Lipinski definition) is 1. The number of rotatable bonds is 4. The van der Waals surface area contributed by atoms with Crippen LogP contribution in [-0.4, -0.2) is 18.2 Å². The van der Waals surface area contributed by atoms with Gasteiger partial charge in [0.05, 0.1) is 12.8 Å². The summed E-state index contributed by atoms with van der Waals surface area (Å²) in [5.41, 5.74) is 1.61. The fraction of sp³-hybridized carbons (Fsp3) is 0.0588. The summed E-state index contributed by atoms with van der Waals surface area (Å²) < 4.78 is 10.5. The van der Waals surface area contributed by atoms with Crippen molar-refractivity contribution < 1.29 is 14.3 Å². The van der Waals surface area contributed by atoms with E-state index in [-0.39, 0.29) is 0 Å². The minimum Gasteiger partial charge on any atom is -0.496 e. The predicted octanol–water partition coefficient (Wildman–Crippen LogP) is 4.43. The van der Waals surface area contributed by atoms with Gasteiger partial charge in [0.15, 0.2) is 5.13 Å². The van der Waals surface area contributed by atoms with Crippen molar-refractivity contribution in [1.29, 1.82) is 0 Å². The number of thiazole rings is 1. The summed E-state index contributed by atoms with van der Waals surface area (Å²) in [5, 5.41) is 4.95. The van der Waals surface area contributed by atoms with Gasteiger partial charge in [-0.15, -0.1) is 11.3 Å². The van der Waals surface area contributed by atoms with Crippen LogP contribution < -0.4 is 14.8 Å². The molecule has 0 saturated heterocycles. The van der Waals surface area contributed by atoms with Crippen molar-refractivity contribution in [3.8, 4) is 22.8 Å². The molecule has 116 valence electrons. The van der Waals surface area contributed by atoms with Gasteiger partial charge < -0.3 is 9.47 Å². The van der Waals surface area contributed by atoms with Crippen molar-refractivity contribution in [2.24, 2.45) is 0 Å². The molecule has 0 aliphatic heterocycles. The third-order valence-corrected chi connectivity index (χ3v) is 3.81. The summed E-state index contributed by atoms with van der Waals surface area (Å²) in [6.45, 7) is 0. The van der Waals surface area contributed by atoms with Crippen LogP contribution in [0.4, 0.5) is 9.93 Å². The summed E-state index contributed by atoms with van der Waals surface area (Å²) in [6, 6.07) is 16.5. The van der Waals surface area contributed by atoms with Gasteiger partial charge in [-0.05, 0) is 24.3 Å². The fourth-order valence-electron chi connectivity index (χ4n) is 2.02. The van der Waals surface area contributed by atoms with E-state index in [2.05, 4.69) is 10.3 Å². The summed E-state index contributed by atoms with van der Waals surface area (Å²) in [7, 11) is 1.61. The molecule has 1 heterocycles. The lowest BCUT2D eigenvalue weighted by Gasteiger charge is -2.05. The molecular weight excluding hydrogens is 312 g/mol. The highest BCUT2D eigenvalue weighted by molar-refractivity contribution is 7.14. The number of amides is 1. The summed E-state index contributed by atoms with van der Waals surface area (Å²) >= 11 is 1.32. The van der Waals surface area contributed by atoms with E-state index in [4.69, 9.17) is 9.47 Å². The quantitative estimate of drug-likeness (QED) is 0.770. The second-order valence-electron chi connectivity index (χ2n) is 4.57. The van der Waals surface area contributed by atoms with Crippen LogP contribution in [0, 0.1) is 0 Å². The number of methoxy groups -OCH3 is 1. The number of carbonyl (C=O) groups is 1. The minimum absolute atomic E-state index is 0.465. The predicted molar refractivity (Wildman–Crippen MR) is 90.2 cm³/mol. The fourth-order valence-corrected chi connectivity index (χ4v) is 2.72. The maximum absolute atomic E-state index is 11.9. The molecule has 0 unspecified atom stereocenters. The Kier molecular flexibility index (Phi) is 4.54. The summed E-state index contributed by atoms with van der Waals surface area (Å²) in [6.07, 6.45) is -0.572. The van der Waals surface area contributed by atoms with E-state index in [1.54, 1.807) is 31.4 Å². The molecule has 1 amide bonds. The van der Waals surface area contributed by atoms with Gasteiger partial charge in [0.2, 0.25) is 0 Å². The molecule has 1 aromatic heterocycles. The van der Waals surface area contributed by atoms with Gasteiger partial charge in [0.1, 0.15) is 11.5 Å². The Morgan fingerprint density at radius 1 is 1.09 bits per heavy atom. The molecule has 0 saturated carbocycles. The van der Waals surface area contributed by atoms with Crippen molar-refractivity contribution >= 4 is 22.6 Å². The van der Waals surface area contributed by atoms with Crippen molar-refractivity contribution in [2.45, 2.75) is 0 Å². The largest absolute Gasteiger partial charge is 0.496 e. The smallest absolute Gasteiger partial charge is 0.418 e. The van der Waals surface area contributed by atoms with Crippen LogP contribution in [0.3, 0.4) is 0 Å². The van der Waals surface area contributed by atoms with Gasteiger partial charge in [-0.1, -0.05) is 30.3 Å². The van der Waals surface area contributed by atoms with Crippen LogP contribution in [-0.2, 0) is 0 Å². The van der Waals surface area contributed by atoms with Gasteiger partial charge in [-0.3, -0.25) is 5.32 Å². The molecule has 0 atom stereocenters. The number of carbonyl (C=O) groups excluding carboxylic acids is 1. The molecule has 0 fully saturated rings. The molecule has 2 aromatic carbocycles. The lowest BCUT2D eigenvalue weighted by atomic mass is 10.1. The number of ether oxygens (including phenoxy) is 2. The van der Waals surface area contributed by atoms with E-state index in [1.165, 1.54) is 11.3 Å². The standard InChI is InChI=1S/C17H14N2O3S/c1-21-15-10-6-5-9-13(15)14-11-23-16(18-14)19-17(20)22-12-7-3-2-4-8-12/h2-11H,1H3,(H,18,19,20). The average Bonchev–Trinajstić information content (AvgIpc) is 3.03. The maximum atomic E-state index is 11.9. The van der Waals surface area contributed by atoms with E-state index < -0.39 is 6.09 Å². The molecule has 3 rings (SSSR count). The molecule has 5 nitrogen and oxygen atoms in total. The summed E-state index contributed by atoms with van der Waals surface area (Å²) in [5.74, 6) is 1.21. The van der Waals surface area contributed by atoms with Gasteiger partial charge in [0, 0.05) is 10.9 Å². The zero-order valence-electron chi connectivity index (χ0n) is 12.4. The van der Waals surface area contributed by atoms with Gasteiger partial charge in [-0.2, -0.15) is 0 Å². The Morgan fingerprint density at radius 2 is 1.83 bits per heavy atom. The SMILES string of the molecule is COc1ccccc1-c1csc(NC(=O)Oc2ccccc2)n1. The number of hydrogen-bond acceptors (Lipinski definition) is 5. The third-order valence-electron chi connectivity index (χ3n) is 3.05. The molecule has 1 N–H and O–H groups in total. The van der Waals surface area contributed by atoms with Gasteiger partial charge >= 0.3 is 6.09 Å². The monoisotopic (exact) mass is 326 g/mol. The number of para-hydroxylation sites is 2. The van der Waals surface area contributed by atoms with E-state index in [9.17, 15) is 4.79 Å². The molecule has 23 heavy (non-hydrogen) atoms. The first kappa shape index (κ1) is 15.1. The van der Waals surface area contributed by atoms with Crippen LogP contribution in [0.1, 0.15) is 0 Å². The van der Waals surface area contributed by atoms with E-state index >= 15 is 0 Å². The highest BCUT2D eigenvalue weighted by atomic mass is 32.1. The Morgan fingerprint density at radius 3 is 2.61 bits per heavy atom. The molecular formula is C17H14N2O3S. The number of nitrogens with zero attached hydrogens (tertiary/aromatic N) is 1. The number of nitrogens with one attached hydrogen (secondary N) is 1. The van der Waals surface area contributed by atoms with Crippen LogP contribution >= 0.6 is 11.3 Å². The van der Waals surface area contributed by atoms with E-state index in [0.717, 1.165) is 17.0 Å². The number of anilines is 1. The first-order chi connectivity index (χ1) is 11.3. The topological polar surface area (TPSA) is 60.5 Å². The second kappa shape index (κ2) is 6.93. The van der Waals surface area contributed by atoms with Crippen molar-refractivity contribution in [3.05, 3.63) is 60.0 Å². The first-order valence-corrected chi connectivity index (χ1v) is 7.77. The molecule has 0 bridgehead atoms. The minimum atomic E-state index is -0.572. The molecule has 0 aliphatic rings. The second-order valence-corrected chi connectivity index (χ2v) is 5.42. The highest BCUT2D eigenvalue weighted by Crippen LogP contribution is 2.31. The summed E-state index contributed by atoms with van der Waals surface area (Å²) in [4.78, 5) is 16.3. The molecule has 3 aromatic rings. The van der Waals surface area contributed by atoms with Crippen molar-refractivity contribution in [3.63, 3.8) is 0 Å². The normalized spacial score (nSPS) is 10.1. The number of aromatic nitrogens is 1. The zero-order chi connectivity index (χ0) is 16.1. The van der Waals surface area contributed by atoms with E-state index in [1.807, 2.05) is 35.7 Å². The zero-order valence-corrected chi connectivity index (χ0v) is 13.2. The lowest BCUT2D eigenvalue weighted by Crippen LogP contribution is -2.16. The Balaban J connectivity index is 1.71. The molecule has 0 radical (unpaired) electrons. The van der Waals surface area contributed by atoms with Crippen molar-refractivity contribution in [1.82, 2.24) is 4.98 Å². The molecule has 0 spiro atoms.